The summed E-state index contributed by atoms with van der Waals surface area (Å²) < 4.78 is 0. The molecule has 2 rings (SSSR count). The molecule has 0 aliphatic rings. The van der Waals surface area contributed by atoms with Gasteiger partial charge in [0.05, 0.1) is 22.2 Å². The molecule has 0 fully saturated rings. The minimum Gasteiger partial charge on any atom is -0.263 e. The molecule has 0 atom stereocenters. The topological polar surface area (TPSA) is 92.7 Å². The van der Waals surface area contributed by atoms with Gasteiger partial charge in [0.25, 0.3) is 5.69 Å². The van der Waals surface area contributed by atoms with E-state index < -0.39 is 4.92 Å². The van der Waals surface area contributed by atoms with Crippen molar-refractivity contribution in [1.82, 2.24) is 9.97 Å². The summed E-state index contributed by atoms with van der Waals surface area (Å²) in [6, 6.07) is 5.91. The predicted molar refractivity (Wildman–Crippen MR) is 63.8 cm³/mol. The third-order valence-corrected chi connectivity index (χ3v) is 2.35. The smallest absolute Gasteiger partial charge is 0.263 e. The van der Waals surface area contributed by atoms with Crippen LogP contribution < -0.4 is 0 Å². The van der Waals surface area contributed by atoms with Gasteiger partial charge in [-0.15, -0.1) is 0 Å². The summed E-state index contributed by atoms with van der Waals surface area (Å²) in [7, 11) is 0. The van der Waals surface area contributed by atoms with Crippen molar-refractivity contribution in [3.8, 4) is 17.3 Å². The SMILES string of the molecule is N#Cc1cncc(-c2cc([N+](=O)[O-])cc(Cl)n2)c1. The Balaban J connectivity index is 2.57. The monoisotopic (exact) mass is 260 g/mol. The molecule has 88 valence electrons. The fourth-order valence-electron chi connectivity index (χ4n) is 1.38. The van der Waals surface area contributed by atoms with Crippen molar-refractivity contribution < 1.29 is 4.92 Å². The Bertz CT molecular complexity index is 666. The lowest BCUT2D eigenvalue weighted by molar-refractivity contribution is -0.384. The number of rotatable bonds is 2. The molecule has 0 N–H and O–H groups in total. The molecule has 0 amide bonds. The number of nitrogens with zero attached hydrogens (tertiary/aromatic N) is 4. The summed E-state index contributed by atoms with van der Waals surface area (Å²) in [5.41, 5.74) is 0.989. The second kappa shape index (κ2) is 4.77. The molecule has 0 aromatic carbocycles. The van der Waals surface area contributed by atoms with E-state index in [1.807, 2.05) is 6.07 Å². The Labute approximate surface area is 107 Å². The van der Waals surface area contributed by atoms with Crippen molar-refractivity contribution in [2.24, 2.45) is 0 Å². The first-order valence-electron chi connectivity index (χ1n) is 4.77. The van der Waals surface area contributed by atoms with E-state index in [1.165, 1.54) is 24.5 Å². The van der Waals surface area contributed by atoms with Crippen molar-refractivity contribution in [3.05, 3.63) is 51.4 Å². The zero-order chi connectivity index (χ0) is 13.1. The lowest BCUT2D eigenvalue weighted by Gasteiger charge is -2.01. The maximum absolute atomic E-state index is 10.7. The standard InChI is InChI=1S/C11H5ClN4O2/c12-11-3-9(16(17)18)2-10(15-11)8-1-7(4-13)5-14-6-8/h1-3,5-6H. The first-order valence-corrected chi connectivity index (χ1v) is 5.15. The Morgan fingerprint density at radius 3 is 2.78 bits per heavy atom. The van der Waals surface area contributed by atoms with E-state index in [2.05, 4.69) is 9.97 Å². The third-order valence-electron chi connectivity index (χ3n) is 2.15. The molecule has 2 heterocycles. The van der Waals surface area contributed by atoms with Crippen LogP contribution in [0.2, 0.25) is 5.15 Å². The van der Waals surface area contributed by atoms with E-state index in [1.54, 1.807) is 0 Å². The lowest BCUT2D eigenvalue weighted by atomic mass is 10.1. The summed E-state index contributed by atoms with van der Waals surface area (Å²) in [5, 5.41) is 19.5. The number of nitriles is 1. The van der Waals surface area contributed by atoms with E-state index in [0.717, 1.165) is 6.07 Å². The van der Waals surface area contributed by atoms with Gasteiger partial charge >= 0.3 is 0 Å². The van der Waals surface area contributed by atoms with Crippen molar-refractivity contribution in [2.75, 3.05) is 0 Å². The van der Waals surface area contributed by atoms with Gasteiger partial charge in [-0.25, -0.2) is 4.98 Å². The summed E-state index contributed by atoms with van der Waals surface area (Å²) in [5.74, 6) is 0. The molecule has 0 saturated carbocycles. The van der Waals surface area contributed by atoms with Crippen LogP contribution in [0.15, 0.2) is 30.6 Å². The van der Waals surface area contributed by atoms with Crippen LogP contribution in [-0.2, 0) is 0 Å². The van der Waals surface area contributed by atoms with Gasteiger partial charge in [0.1, 0.15) is 11.2 Å². The van der Waals surface area contributed by atoms with Gasteiger partial charge in [-0.1, -0.05) is 11.6 Å². The quantitative estimate of drug-likeness (QED) is 0.470. The fraction of sp³-hybridized carbons (Fsp3) is 0. The minimum absolute atomic E-state index is 0.0153. The van der Waals surface area contributed by atoms with Gasteiger partial charge in [0, 0.05) is 24.0 Å². The molecular formula is C11H5ClN4O2. The van der Waals surface area contributed by atoms with Crippen LogP contribution in [0.5, 0.6) is 0 Å². The fourth-order valence-corrected chi connectivity index (χ4v) is 1.58. The second-order valence-corrected chi connectivity index (χ2v) is 3.75. The van der Waals surface area contributed by atoms with Crippen molar-refractivity contribution in [1.29, 1.82) is 5.26 Å². The molecule has 6 nitrogen and oxygen atoms in total. The zero-order valence-electron chi connectivity index (χ0n) is 8.87. The first-order chi connectivity index (χ1) is 8.60. The van der Waals surface area contributed by atoms with Crippen LogP contribution in [0.3, 0.4) is 0 Å². The predicted octanol–water partition coefficient (Wildman–Crippen LogP) is 2.58. The third kappa shape index (κ3) is 2.42. The first kappa shape index (κ1) is 12.0. The van der Waals surface area contributed by atoms with Gasteiger partial charge < -0.3 is 0 Å². The highest BCUT2D eigenvalue weighted by Crippen LogP contribution is 2.25. The summed E-state index contributed by atoms with van der Waals surface area (Å²) in [6.07, 6.45) is 2.85. The van der Waals surface area contributed by atoms with Crippen LogP contribution >= 0.6 is 11.6 Å². The number of pyridine rings is 2. The molecule has 0 bridgehead atoms. The zero-order valence-corrected chi connectivity index (χ0v) is 9.63. The second-order valence-electron chi connectivity index (χ2n) is 3.36. The van der Waals surface area contributed by atoms with Crippen LogP contribution in [0.25, 0.3) is 11.3 Å². The maximum Gasteiger partial charge on any atom is 0.274 e. The van der Waals surface area contributed by atoms with Crippen molar-refractivity contribution >= 4 is 17.3 Å². The van der Waals surface area contributed by atoms with Gasteiger partial charge in [-0.3, -0.25) is 15.1 Å². The largest absolute Gasteiger partial charge is 0.274 e. The molecule has 0 aliphatic carbocycles. The minimum atomic E-state index is -0.557. The van der Waals surface area contributed by atoms with E-state index >= 15 is 0 Å². The molecule has 2 aromatic rings. The molecule has 2 aromatic heterocycles. The Morgan fingerprint density at radius 2 is 2.11 bits per heavy atom. The van der Waals surface area contributed by atoms with Crippen molar-refractivity contribution in [2.45, 2.75) is 0 Å². The van der Waals surface area contributed by atoms with Gasteiger partial charge in [-0.05, 0) is 6.07 Å². The summed E-state index contributed by atoms with van der Waals surface area (Å²) in [4.78, 5) is 18.0. The number of aromatic nitrogens is 2. The highest BCUT2D eigenvalue weighted by atomic mass is 35.5. The number of hydrogen-bond acceptors (Lipinski definition) is 5. The Morgan fingerprint density at radius 1 is 1.33 bits per heavy atom. The van der Waals surface area contributed by atoms with E-state index in [0.29, 0.717) is 16.8 Å². The van der Waals surface area contributed by atoms with Gasteiger partial charge in [0.2, 0.25) is 0 Å². The number of hydrogen-bond donors (Lipinski definition) is 0. The van der Waals surface area contributed by atoms with E-state index in [4.69, 9.17) is 16.9 Å². The molecule has 0 unspecified atom stereocenters. The summed E-state index contributed by atoms with van der Waals surface area (Å²) in [6.45, 7) is 0. The average molecular weight is 261 g/mol. The van der Waals surface area contributed by atoms with Crippen molar-refractivity contribution in [3.63, 3.8) is 0 Å². The molecular weight excluding hydrogens is 256 g/mol. The van der Waals surface area contributed by atoms with Gasteiger partial charge in [0.15, 0.2) is 0 Å². The molecule has 18 heavy (non-hydrogen) atoms. The normalized spacial score (nSPS) is 9.78. The summed E-state index contributed by atoms with van der Waals surface area (Å²) >= 11 is 5.72. The van der Waals surface area contributed by atoms with Crippen LogP contribution in [0.1, 0.15) is 5.56 Å². The molecule has 0 saturated heterocycles. The molecule has 0 aliphatic heterocycles. The Kier molecular flexibility index (Phi) is 3.17. The van der Waals surface area contributed by atoms with Crippen LogP contribution in [-0.4, -0.2) is 14.9 Å². The lowest BCUT2D eigenvalue weighted by Crippen LogP contribution is -1.92. The van der Waals surface area contributed by atoms with Gasteiger partial charge in [-0.2, -0.15) is 5.26 Å². The Hall–Kier alpha value is -2.52. The number of nitro groups is 1. The molecule has 0 spiro atoms. The molecule has 0 radical (unpaired) electrons. The van der Waals surface area contributed by atoms with Crippen LogP contribution in [0.4, 0.5) is 5.69 Å². The number of halogens is 1. The van der Waals surface area contributed by atoms with Crippen LogP contribution in [0, 0.1) is 21.4 Å². The van der Waals surface area contributed by atoms with E-state index in [-0.39, 0.29) is 10.8 Å². The highest BCUT2D eigenvalue weighted by molar-refractivity contribution is 6.29. The molecule has 7 heteroatoms. The highest BCUT2D eigenvalue weighted by Gasteiger charge is 2.12. The van der Waals surface area contributed by atoms with E-state index in [9.17, 15) is 10.1 Å². The average Bonchev–Trinajstić information content (AvgIpc) is 2.38. The maximum atomic E-state index is 10.7.